The summed E-state index contributed by atoms with van der Waals surface area (Å²) in [6, 6.07) is 0. The first-order valence-electron chi connectivity index (χ1n) is 7.97. The van der Waals surface area contributed by atoms with Crippen LogP contribution in [-0.2, 0) is 14.4 Å². The standard InChI is InChI=1S/C15H28N6O3/c1-6-20-7-8-21(11-14(20)24)15(16-9-12(22)18(2)3)17-10-13(23)19(4)5/h6-11H2,1-5H3,(H,16,17). The maximum Gasteiger partial charge on any atom is 0.243 e. The van der Waals surface area contributed by atoms with Gasteiger partial charge in [-0.05, 0) is 6.92 Å². The third-order valence-corrected chi connectivity index (χ3v) is 3.76. The van der Waals surface area contributed by atoms with Gasteiger partial charge in [0.05, 0.1) is 13.1 Å². The van der Waals surface area contributed by atoms with Gasteiger partial charge < -0.3 is 24.9 Å². The molecule has 0 aromatic carbocycles. The Labute approximate surface area is 143 Å². The highest BCUT2D eigenvalue weighted by Crippen LogP contribution is 2.03. The fourth-order valence-corrected chi connectivity index (χ4v) is 2.09. The highest BCUT2D eigenvalue weighted by Gasteiger charge is 2.25. The third-order valence-electron chi connectivity index (χ3n) is 3.76. The SMILES string of the molecule is CCN1CCN(C(=NCC(=O)N(C)C)NCC(=O)N(C)C)CC1=O. The van der Waals surface area contributed by atoms with E-state index in [2.05, 4.69) is 10.3 Å². The maximum absolute atomic E-state index is 12.1. The predicted molar refractivity (Wildman–Crippen MR) is 91.5 cm³/mol. The summed E-state index contributed by atoms with van der Waals surface area (Å²) in [6.45, 7) is 4.03. The van der Waals surface area contributed by atoms with Crippen molar-refractivity contribution in [1.82, 2.24) is 24.9 Å². The zero-order valence-corrected chi connectivity index (χ0v) is 15.2. The lowest BCUT2D eigenvalue weighted by atomic mass is 10.3. The van der Waals surface area contributed by atoms with Crippen LogP contribution < -0.4 is 5.32 Å². The van der Waals surface area contributed by atoms with E-state index >= 15 is 0 Å². The summed E-state index contributed by atoms with van der Waals surface area (Å²) in [6.07, 6.45) is 0. The summed E-state index contributed by atoms with van der Waals surface area (Å²) >= 11 is 0. The van der Waals surface area contributed by atoms with Gasteiger partial charge in [-0.25, -0.2) is 4.99 Å². The number of piperazine rings is 1. The molecule has 136 valence electrons. The van der Waals surface area contributed by atoms with Crippen LogP contribution >= 0.6 is 0 Å². The van der Waals surface area contributed by atoms with E-state index in [-0.39, 0.29) is 37.4 Å². The number of hydrogen-bond acceptors (Lipinski definition) is 4. The smallest absolute Gasteiger partial charge is 0.243 e. The molecule has 1 aliphatic heterocycles. The van der Waals surface area contributed by atoms with Gasteiger partial charge in [-0.2, -0.15) is 0 Å². The van der Waals surface area contributed by atoms with Gasteiger partial charge in [0.2, 0.25) is 17.7 Å². The van der Waals surface area contributed by atoms with E-state index in [1.165, 1.54) is 9.80 Å². The molecule has 24 heavy (non-hydrogen) atoms. The van der Waals surface area contributed by atoms with Gasteiger partial charge in [0.1, 0.15) is 6.54 Å². The molecule has 3 amide bonds. The van der Waals surface area contributed by atoms with Crippen molar-refractivity contribution in [2.24, 2.45) is 4.99 Å². The van der Waals surface area contributed by atoms with E-state index < -0.39 is 0 Å². The van der Waals surface area contributed by atoms with E-state index in [0.717, 1.165) is 0 Å². The molecule has 1 rings (SSSR count). The molecule has 1 N–H and O–H groups in total. The Morgan fingerprint density at radius 1 is 1.12 bits per heavy atom. The Hall–Kier alpha value is -2.32. The Morgan fingerprint density at radius 2 is 1.75 bits per heavy atom. The minimum absolute atomic E-state index is 0.0103. The second kappa shape index (κ2) is 9.09. The van der Waals surface area contributed by atoms with Crippen LogP contribution in [0.4, 0.5) is 0 Å². The third kappa shape index (κ3) is 5.71. The summed E-state index contributed by atoms with van der Waals surface area (Å²) in [5, 5.41) is 2.96. The van der Waals surface area contributed by atoms with Crippen LogP contribution in [-0.4, -0.2) is 111 Å². The molecule has 0 aromatic heterocycles. The second-order valence-electron chi connectivity index (χ2n) is 5.96. The second-order valence-corrected chi connectivity index (χ2v) is 5.96. The first-order chi connectivity index (χ1) is 11.3. The lowest BCUT2D eigenvalue weighted by Crippen LogP contribution is -2.56. The lowest BCUT2D eigenvalue weighted by molar-refractivity contribution is -0.134. The fourth-order valence-electron chi connectivity index (χ4n) is 2.09. The highest BCUT2D eigenvalue weighted by atomic mass is 16.2. The monoisotopic (exact) mass is 340 g/mol. The van der Waals surface area contributed by atoms with Crippen LogP contribution in [0.25, 0.3) is 0 Å². The van der Waals surface area contributed by atoms with Crippen LogP contribution in [0.5, 0.6) is 0 Å². The maximum atomic E-state index is 12.1. The molecule has 0 unspecified atom stereocenters. The molecule has 1 saturated heterocycles. The number of nitrogens with one attached hydrogen (secondary N) is 1. The summed E-state index contributed by atoms with van der Waals surface area (Å²) in [4.78, 5) is 46.4. The van der Waals surface area contributed by atoms with Crippen molar-refractivity contribution in [3.8, 4) is 0 Å². The minimum Gasteiger partial charge on any atom is -0.347 e. The largest absolute Gasteiger partial charge is 0.347 e. The lowest BCUT2D eigenvalue weighted by Gasteiger charge is -2.35. The average Bonchev–Trinajstić information content (AvgIpc) is 2.53. The van der Waals surface area contributed by atoms with E-state index in [1.807, 2.05) is 6.92 Å². The molecule has 1 fully saturated rings. The fraction of sp³-hybridized carbons (Fsp3) is 0.733. The molecule has 0 bridgehead atoms. The summed E-state index contributed by atoms with van der Waals surface area (Å²) in [5.41, 5.74) is 0. The Bertz CT molecular complexity index is 503. The van der Waals surface area contributed by atoms with Crippen LogP contribution in [0.3, 0.4) is 0 Å². The summed E-state index contributed by atoms with van der Waals surface area (Å²) in [7, 11) is 6.65. The van der Waals surface area contributed by atoms with E-state index in [1.54, 1.807) is 38.0 Å². The quantitative estimate of drug-likeness (QED) is 0.475. The molecule has 1 aliphatic rings. The number of aliphatic imine (C=N–C) groups is 1. The van der Waals surface area contributed by atoms with Gasteiger partial charge >= 0.3 is 0 Å². The normalized spacial score (nSPS) is 15.4. The summed E-state index contributed by atoms with van der Waals surface area (Å²) in [5.74, 6) is 0.160. The predicted octanol–water partition coefficient (Wildman–Crippen LogP) is -1.73. The Kier molecular flexibility index (Phi) is 7.47. The molecule has 9 heteroatoms. The Morgan fingerprint density at radius 3 is 2.25 bits per heavy atom. The number of likely N-dealkylation sites (N-methyl/N-ethyl adjacent to an activating group) is 3. The van der Waals surface area contributed by atoms with Crippen molar-refractivity contribution in [2.45, 2.75) is 6.92 Å². The number of amides is 3. The van der Waals surface area contributed by atoms with E-state index in [4.69, 9.17) is 0 Å². The zero-order chi connectivity index (χ0) is 18.3. The minimum atomic E-state index is -0.147. The van der Waals surface area contributed by atoms with Crippen LogP contribution in [0.15, 0.2) is 4.99 Å². The zero-order valence-electron chi connectivity index (χ0n) is 15.2. The number of guanidine groups is 1. The molecule has 0 radical (unpaired) electrons. The number of rotatable bonds is 5. The van der Waals surface area contributed by atoms with Gasteiger partial charge in [-0.15, -0.1) is 0 Å². The molecular weight excluding hydrogens is 312 g/mol. The number of carbonyl (C=O) groups is 3. The Balaban J connectivity index is 2.80. The van der Waals surface area contributed by atoms with Gasteiger partial charge in [-0.3, -0.25) is 14.4 Å². The topological polar surface area (TPSA) is 88.6 Å². The van der Waals surface area contributed by atoms with Gasteiger partial charge in [-0.1, -0.05) is 0 Å². The van der Waals surface area contributed by atoms with Gasteiger partial charge in [0.15, 0.2) is 5.96 Å². The first-order valence-corrected chi connectivity index (χ1v) is 7.97. The molecular formula is C15H28N6O3. The van der Waals surface area contributed by atoms with Crippen molar-refractivity contribution in [1.29, 1.82) is 0 Å². The molecule has 0 spiro atoms. The van der Waals surface area contributed by atoms with Crippen molar-refractivity contribution in [3.63, 3.8) is 0 Å². The highest BCUT2D eigenvalue weighted by molar-refractivity contribution is 5.91. The van der Waals surface area contributed by atoms with Gasteiger partial charge in [0.25, 0.3) is 0 Å². The molecule has 0 aliphatic carbocycles. The first kappa shape index (κ1) is 19.7. The van der Waals surface area contributed by atoms with Gasteiger partial charge in [0, 0.05) is 47.8 Å². The van der Waals surface area contributed by atoms with Crippen LogP contribution in [0.2, 0.25) is 0 Å². The van der Waals surface area contributed by atoms with Crippen LogP contribution in [0, 0.1) is 0 Å². The summed E-state index contributed by atoms with van der Waals surface area (Å²) < 4.78 is 0. The molecule has 9 nitrogen and oxygen atoms in total. The van der Waals surface area contributed by atoms with Crippen molar-refractivity contribution in [3.05, 3.63) is 0 Å². The van der Waals surface area contributed by atoms with E-state index in [0.29, 0.717) is 25.6 Å². The van der Waals surface area contributed by atoms with E-state index in [9.17, 15) is 14.4 Å². The van der Waals surface area contributed by atoms with Crippen LogP contribution in [0.1, 0.15) is 6.92 Å². The number of nitrogens with zero attached hydrogens (tertiary/aromatic N) is 5. The molecule has 0 atom stereocenters. The molecule has 1 heterocycles. The average molecular weight is 340 g/mol. The molecule has 0 aromatic rings. The number of carbonyl (C=O) groups excluding carboxylic acids is 3. The van der Waals surface area contributed by atoms with Crippen molar-refractivity contribution >= 4 is 23.7 Å². The van der Waals surface area contributed by atoms with Crippen molar-refractivity contribution < 1.29 is 14.4 Å². The number of hydrogen-bond donors (Lipinski definition) is 1. The van der Waals surface area contributed by atoms with Crippen molar-refractivity contribution in [2.75, 3.05) is 67.5 Å². The molecule has 0 saturated carbocycles.